The van der Waals surface area contributed by atoms with Crippen LogP contribution in [0.15, 0.2) is 18.2 Å². The van der Waals surface area contributed by atoms with Crippen LogP contribution in [0.4, 0.5) is 0 Å². The van der Waals surface area contributed by atoms with Gasteiger partial charge in [0.05, 0.1) is 6.10 Å². The minimum Gasteiger partial charge on any atom is -0.491 e. The summed E-state index contributed by atoms with van der Waals surface area (Å²) in [5.74, 6) is 0.816. The van der Waals surface area contributed by atoms with Crippen molar-refractivity contribution in [1.29, 1.82) is 0 Å². The maximum Gasteiger partial charge on any atom is 0.120 e. The van der Waals surface area contributed by atoms with Crippen molar-refractivity contribution >= 4 is 11.6 Å². The first-order valence-electron chi connectivity index (χ1n) is 7.48. The smallest absolute Gasteiger partial charge is 0.120 e. The Bertz CT molecular complexity index is 419. The van der Waals surface area contributed by atoms with E-state index in [0.29, 0.717) is 6.61 Å². The van der Waals surface area contributed by atoms with Gasteiger partial charge in [-0.05, 0) is 50.4 Å². The van der Waals surface area contributed by atoms with Gasteiger partial charge in [-0.15, -0.1) is 0 Å². The topological polar surface area (TPSA) is 30.5 Å². The van der Waals surface area contributed by atoms with Crippen LogP contribution in [0.1, 0.15) is 44.7 Å². The third kappa shape index (κ3) is 4.37. The molecule has 1 heterocycles. The Morgan fingerprint density at radius 3 is 2.95 bits per heavy atom. The van der Waals surface area contributed by atoms with Crippen LogP contribution in [-0.4, -0.2) is 25.9 Å². The van der Waals surface area contributed by atoms with Gasteiger partial charge >= 0.3 is 0 Å². The summed E-state index contributed by atoms with van der Waals surface area (Å²) >= 11 is 6.33. The lowest BCUT2D eigenvalue weighted by Gasteiger charge is -2.23. The molecule has 0 spiro atoms. The van der Waals surface area contributed by atoms with Crippen molar-refractivity contribution in [2.75, 3.05) is 19.8 Å². The van der Waals surface area contributed by atoms with Crippen LogP contribution >= 0.6 is 11.6 Å². The van der Waals surface area contributed by atoms with Crippen LogP contribution in [0.3, 0.4) is 0 Å². The average molecular weight is 298 g/mol. The molecule has 0 bridgehead atoms. The number of hydrogen-bond donors (Lipinski definition) is 1. The minimum atomic E-state index is 0.225. The van der Waals surface area contributed by atoms with Crippen molar-refractivity contribution in [1.82, 2.24) is 5.32 Å². The van der Waals surface area contributed by atoms with E-state index in [0.717, 1.165) is 35.9 Å². The maximum absolute atomic E-state index is 6.33. The predicted octanol–water partition coefficient (Wildman–Crippen LogP) is 3.96. The summed E-state index contributed by atoms with van der Waals surface area (Å²) in [6.45, 7) is 6.59. The molecule has 2 rings (SSSR count). The zero-order chi connectivity index (χ0) is 14.4. The molecule has 2 atom stereocenters. The number of ether oxygens (including phenoxy) is 2. The Balaban J connectivity index is 1.91. The van der Waals surface area contributed by atoms with E-state index in [1.165, 1.54) is 12.8 Å². The highest BCUT2D eigenvalue weighted by atomic mass is 35.5. The van der Waals surface area contributed by atoms with E-state index in [1.807, 2.05) is 18.2 Å². The highest BCUT2D eigenvalue weighted by Crippen LogP contribution is 2.27. The van der Waals surface area contributed by atoms with E-state index in [9.17, 15) is 0 Å². The lowest BCUT2D eigenvalue weighted by molar-refractivity contribution is -0.0110. The molecule has 0 aromatic heterocycles. The fraction of sp³-hybridized carbons (Fsp3) is 0.625. The third-order valence-electron chi connectivity index (χ3n) is 3.66. The first kappa shape index (κ1) is 15.6. The molecule has 3 nitrogen and oxygen atoms in total. The molecule has 1 saturated heterocycles. The van der Waals surface area contributed by atoms with Gasteiger partial charge in [-0.3, -0.25) is 0 Å². The van der Waals surface area contributed by atoms with Gasteiger partial charge in [-0.2, -0.15) is 0 Å². The molecular weight excluding hydrogens is 274 g/mol. The van der Waals surface area contributed by atoms with E-state index < -0.39 is 0 Å². The average Bonchev–Trinajstić information content (AvgIpc) is 2.46. The molecule has 1 aliphatic rings. The molecule has 0 aliphatic carbocycles. The van der Waals surface area contributed by atoms with Crippen molar-refractivity contribution in [2.45, 2.75) is 45.3 Å². The monoisotopic (exact) mass is 297 g/mol. The molecule has 2 unspecified atom stereocenters. The van der Waals surface area contributed by atoms with Gasteiger partial charge in [0.15, 0.2) is 0 Å². The second-order valence-corrected chi connectivity index (χ2v) is 5.67. The molecule has 0 saturated carbocycles. The Morgan fingerprint density at radius 1 is 1.45 bits per heavy atom. The van der Waals surface area contributed by atoms with Crippen LogP contribution in [0, 0.1) is 0 Å². The fourth-order valence-electron chi connectivity index (χ4n) is 2.49. The zero-order valence-corrected chi connectivity index (χ0v) is 13.1. The van der Waals surface area contributed by atoms with Crippen LogP contribution in [0.25, 0.3) is 0 Å². The number of benzene rings is 1. The van der Waals surface area contributed by atoms with Gasteiger partial charge in [0.25, 0.3) is 0 Å². The molecule has 4 heteroatoms. The molecular formula is C16H24ClNO2. The van der Waals surface area contributed by atoms with Gasteiger partial charge in [0.2, 0.25) is 0 Å². The Labute approximate surface area is 126 Å². The van der Waals surface area contributed by atoms with Gasteiger partial charge in [0.1, 0.15) is 12.4 Å². The Morgan fingerprint density at radius 2 is 2.30 bits per heavy atom. The molecule has 0 radical (unpaired) electrons. The molecule has 1 aromatic carbocycles. The quantitative estimate of drug-likeness (QED) is 0.862. The summed E-state index contributed by atoms with van der Waals surface area (Å²) in [4.78, 5) is 0. The van der Waals surface area contributed by atoms with E-state index in [2.05, 4.69) is 19.2 Å². The molecule has 0 amide bonds. The zero-order valence-electron chi connectivity index (χ0n) is 12.3. The van der Waals surface area contributed by atoms with Crippen molar-refractivity contribution < 1.29 is 9.47 Å². The number of rotatable bonds is 6. The molecule has 1 aliphatic heterocycles. The van der Waals surface area contributed by atoms with E-state index in [1.54, 1.807) is 0 Å². The fourth-order valence-corrected chi connectivity index (χ4v) is 2.83. The Kier molecular flexibility index (Phi) is 6.14. The predicted molar refractivity (Wildman–Crippen MR) is 82.6 cm³/mol. The van der Waals surface area contributed by atoms with Crippen LogP contribution in [0.2, 0.25) is 5.02 Å². The summed E-state index contributed by atoms with van der Waals surface area (Å²) in [6.07, 6.45) is 3.71. The number of hydrogen-bond acceptors (Lipinski definition) is 3. The van der Waals surface area contributed by atoms with Gasteiger partial charge in [-0.25, -0.2) is 0 Å². The highest BCUT2D eigenvalue weighted by Gasteiger charge is 2.15. The molecule has 20 heavy (non-hydrogen) atoms. The second kappa shape index (κ2) is 7.87. The molecule has 1 fully saturated rings. The van der Waals surface area contributed by atoms with Crippen LogP contribution in [0.5, 0.6) is 5.75 Å². The van der Waals surface area contributed by atoms with Gasteiger partial charge < -0.3 is 14.8 Å². The summed E-state index contributed by atoms with van der Waals surface area (Å²) in [6, 6.07) is 6.17. The highest BCUT2D eigenvalue weighted by molar-refractivity contribution is 6.31. The first-order valence-corrected chi connectivity index (χ1v) is 7.85. The number of halogens is 1. The lowest BCUT2D eigenvalue weighted by Crippen LogP contribution is -2.25. The normalized spacial score (nSPS) is 20.6. The van der Waals surface area contributed by atoms with Crippen molar-refractivity contribution in [3.8, 4) is 5.75 Å². The summed E-state index contributed by atoms with van der Waals surface area (Å²) in [7, 11) is 0. The number of nitrogens with one attached hydrogen (secondary N) is 1. The van der Waals surface area contributed by atoms with Gasteiger partial charge in [-0.1, -0.05) is 24.6 Å². The van der Waals surface area contributed by atoms with Gasteiger partial charge in [0, 0.05) is 17.7 Å². The third-order valence-corrected chi connectivity index (χ3v) is 3.99. The van der Waals surface area contributed by atoms with Crippen LogP contribution < -0.4 is 10.1 Å². The van der Waals surface area contributed by atoms with Crippen LogP contribution in [-0.2, 0) is 4.74 Å². The van der Waals surface area contributed by atoms with E-state index in [-0.39, 0.29) is 12.1 Å². The van der Waals surface area contributed by atoms with Crippen molar-refractivity contribution in [3.63, 3.8) is 0 Å². The summed E-state index contributed by atoms with van der Waals surface area (Å²) < 4.78 is 11.4. The Hall–Kier alpha value is -0.770. The largest absolute Gasteiger partial charge is 0.491 e. The summed E-state index contributed by atoms with van der Waals surface area (Å²) in [5, 5.41) is 4.11. The van der Waals surface area contributed by atoms with Crippen molar-refractivity contribution in [2.24, 2.45) is 0 Å². The first-order chi connectivity index (χ1) is 9.70. The minimum absolute atomic E-state index is 0.225. The molecule has 112 valence electrons. The molecule has 1 N–H and O–H groups in total. The standard InChI is InChI=1S/C16H24ClNO2/c1-3-18-12(2)15-8-7-13(10-16(15)17)20-11-14-6-4-5-9-19-14/h7-8,10,12,14,18H,3-6,9,11H2,1-2H3. The lowest BCUT2D eigenvalue weighted by atomic mass is 10.1. The summed E-state index contributed by atoms with van der Waals surface area (Å²) in [5.41, 5.74) is 1.11. The SMILES string of the molecule is CCNC(C)c1ccc(OCC2CCCCO2)cc1Cl. The van der Waals surface area contributed by atoms with E-state index in [4.69, 9.17) is 21.1 Å². The second-order valence-electron chi connectivity index (χ2n) is 5.26. The van der Waals surface area contributed by atoms with Crippen molar-refractivity contribution in [3.05, 3.63) is 28.8 Å². The maximum atomic E-state index is 6.33. The molecule has 1 aromatic rings. The van der Waals surface area contributed by atoms with E-state index >= 15 is 0 Å².